The van der Waals surface area contributed by atoms with Crippen LogP contribution in [0.2, 0.25) is 0 Å². The first-order chi connectivity index (χ1) is 18.5. The molecular formula is C32H37Cl2F3N2O. The second-order valence-electron chi connectivity index (χ2n) is 10.7. The highest BCUT2D eigenvalue weighted by Crippen LogP contribution is 2.38. The SMILES string of the molecule is Cl.Cl.O=C(c1ccc(F)cc1)C1CCN(CCN2CCC(C(c3ccc(F)cc3)c3ccc(F)cc3)CC2)CC1. The summed E-state index contributed by atoms with van der Waals surface area (Å²) in [5.74, 6) is -0.130. The molecule has 40 heavy (non-hydrogen) atoms. The number of hydrogen-bond acceptors (Lipinski definition) is 3. The fourth-order valence-corrected chi connectivity index (χ4v) is 6.14. The molecule has 2 heterocycles. The quantitative estimate of drug-likeness (QED) is 0.255. The Morgan fingerprint density at radius 3 is 1.43 bits per heavy atom. The molecule has 5 rings (SSSR count). The van der Waals surface area contributed by atoms with E-state index in [1.54, 1.807) is 12.1 Å². The molecule has 0 saturated carbocycles. The average Bonchev–Trinajstić information content (AvgIpc) is 2.95. The Labute approximate surface area is 247 Å². The van der Waals surface area contributed by atoms with Crippen LogP contribution in [0.15, 0.2) is 72.8 Å². The van der Waals surface area contributed by atoms with Gasteiger partial charge in [0.05, 0.1) is 0 Å². The highest BCUT2D eigenvalue weighted by atomic mass is 35.5. The van der Waals surface area contributed by atoms with Crippen LogP contribution in [0.1, 0.15) is 53.1 Å². The Morgan fingerprint density at radius 2 is 1.00 bits per heavy atom. The van der Waals surface area contributed by atoms with Gasteiger partial charge in [-0.25, -0.2) is 13.2 Å². The molecule has 0 unspecified atom stereocenters. The van der Waals surface area contributed by atoms with Gasteiger partial charge in [0.1, 0.15) is 17.5 Å². The van der Waals surface area contributed by atoms with E-state index in [-0.39, 0.29) is 59.9 Å². The molecule has 2 aliphatic heterocycles. The lowest BCUT2D eigenvalue weighted by atomic mass is 9.76. The van der Waals surface area contributed by atoms with E-state index in [1.807, 2.05) is 24.3 Å². The summed E-state index contributed by atoms with van der Waals surface area (Å²) in [4.78, 5) is 17.7. The topological polar surface area (TPSA) is 23.6 Å². The average molecular weight is 594 g/mol. The summed E-state index contributed by atoms with van der Waals surface area (Å²) in [7, 11) is 0. The van der Waals surface area contributed by atoms with E-state index >= 15 is 0 Å². The van der Waals surface area contributed by atoms with Gasteiger partial charge in [-0.2, -0.15) is 0 Å². The molecule has 0 radical (unpaired) electrons. The zero-order valence-corrected chi connectivity index (χ0v) is 24.1. The number of ketones is 1. The number of likely N-dealkylation sites (tertiary alicyclic amines) is 2. The maximum absolute atomic E-state index is 13.6. The Morgan fingerprint density at radius 1 is 0.625 bits per heavy atom. The fraction of sp³-hybridized carbons (Fsp3) is 0.406. The number of nitrogens with zero attached hydrogens (tertiary/aromatic N) is 2. The Hall–Kier alpha value is -2.38. The third kappa shape index (κ3) is 8.10. The molecule has 2 aliphatic rings. The van der Waals surface area contributed by atoms with Gasteiger partial charge in [0, 0.05) is 30.5 Å². The van der Waals surface area contributed by atoms with E-state index in [1.165, 1.54) is 36.4 Å². The fourth-order valence-electron chi connectivity index (χ4n) is 6.14. The van der Waals surface area contributed by atoms with Crippen molar-refractivity contribution < 1.29 is 18.0 Å². The van der Waals surface area contributed by atoms with Crippen LogP contribution in [-0.2, 0) is 0 Å². The molecule has 8 heteroatoms. The first-order valence-electron chi connectivity index (χ1n) is 13.7. The molecule has 2 fully saturated rings. The maximum atomic E-state index is 13.6. The van der Waals surface area contributed by atoms with Crippen LogP contribution >= 0.6 is 24.8 Å². The van der Waals surface area contributed by atoms with Gasteiger partial charge in [0.15, 0.2) is 5.78 Å². The van der Waals surface area contributed by atoms with Crippen LogP contribution in [0.4, 0.5) is 13.2 Å². The molecule has 0 aliphatic carbocycles. The zero-order chi connectivity index (χ0) is 26.5. The number of carbonyl (C=O) groups is 1. The normalized spacial score (nSPS) is 17.3. The molecule has 0 bridgehead atoms. The van der Waals surface area contributed by atoms with E-state index < -0.39 is 0 Å². The first kappa shape index (κ1) is 32.1. The van der Waals surface area contributed by atoms with Crippen molar-refractivity contribution in [1.29, 1.82) is 0 Å². The summed E-state index contributed by atoms with van der Waals surface area (Å²) >= 11 is 0. The van der Waals surface area contributed by atoms with E-state index in [9.17, 15) is 18.0 Å². The van der Waals surface area contributed by atoms with E-state index in [4.69, 9.17) is 0 Å². The largest absolute Gasteiger partial charge is 0.302 e. The third-order valence-corrected chi connectivity index (χ3v) is 8.38. The predicted octanol–water partition coefficient (Wildman–Crippen LogP) is 7.39. The van der Waals surface area contributed by atoms with Gasteiger partial charge in [0.25, 0.3) is 0 Å². The molecule has 0 atom stereocenters. The molecule has 0 aromatic heterocycles. The summed E-state index contributed by atoms with van der Waals surface area (Å²) in [6.45, 7) is 5.81. The van der Waals surface area contributed by atoms with Gasteiger partial charge in [-0.3, -0.25) is 4.79 Å². The predicted molar refractivity (Wildman–Crippen MR) is 158 cm³/mol. The van der Waals surface area contributed by atoms with Crippen LogP contribution in [0, 0.1) is 29.3 Å². The summed E-state index contributed by atoms with van der Waals surface area (Å²) < 4.78 is 40.4. The zero-order valence-electron chi connectivity index (χ0n) is 22.5. The van der Waals surface area contributed by atoms with Crippen molar-refractivity contribution in [3.8, 4) is 0 Å². The summed E-state index contributed by atoms with van der Waals surface area (Å²) in [5, 5.41) is 0. The van der Waals surface area contributed by atoms with Gasteiger partial charge in [-0.05, 0) is 117 Å². The molecule has 3 aromatic carbocycles. The number of halogens is 5. The number of Topliss-reactive ketones (excluding diaryl/α,β-unsaturated/α-hetero) is 1. The number of hydrogen-bond donors (Lipinski definition) is 0. The van der Waals surface area contributed by atoms with Gasteiger partial charge in [-0.1, -0.05) is 24.3 Å². The Kier molecular flexibility index (Phi) is 12.1. The first-order valence-corrected chi connectivity index (χ1v) is 13.7. The molecule has 3 nitrogen and oxygen atoms in total. The minimum Gasteiger partial charge on any atom is -0.302 e. The lowest BCUT2D eigenvalue weighted by molar-refractivity contribution is 0.0819. The number of carbonyl (C=O) groups excluding carboxylic acids is 1. The van der Waals surface area contributed by atoms with Crippen LogP contribution < -0.4 is 0 Å². The molecular weight excluding hydrogens is 556 g/mol. The van der Waals surface area contributed by atoms with E-state index in [2.05, 4.69) is 9.80 Å². The van der Waals surface area contributed by atoms with Crippen LogP contribution in [0.3, 0.4) is 0 Å². The van der Waals surface area contributed by atoms with Crippen molar-refractivity contribution in [3.05, 3.63) is 107 Å². The molecule has 216 valence electrons. The molecule has 0 spiro atoms. The van der Waals surface area contributed by atoms with Crippen LogP contribution in [0.5, 0.6) is 0 Å². The van der Waals surface area contributed by atoms with Crippen molar-refractivity contribution in [2.45, 2.75) is 31.6 Å². The minimum atomic E-state index is -0.318. The summed E-state index contributed by atoms with van der Waals surface area (Å²) in [6, 6.07) is 19.4. The number of rotatable bonds is 8. The van der Waals surface area contributed by atoms with Crippen molar-refractivity contribution in [1.82, 2.24) is 9.80 Å². The smallest absolute Gasteiger partial charge is 0.166 e. The van der Waals surface area contributed by atoms with E-state index in [0.717, 1.165) is 76.1 Å². The highest BCUT2D eigenvalue weighted by molar-refractivity contribution is 5.97. The number of benzene rings is 3. The lowest BCUT2D eigenvalue weighted by Gasteiger charge is -2.38. The summed E-state index contributed by atoms with van der Waals surface area (Å²) in [6.07, 6.45) is 3.76. The van der Waals surface area contributed by atoms with Crippen molar-refractivity contribution in [2.75, 3.05) is 39.3 Å². The minimum absolute atomic E-state index is 0. The summed E-state index contributed by atoms with van der Waals surface area (Å²) in [5.41, 5.74) is 2.76. The molecule has 0 N–H and O–H groups in total. The van der Waals surface area contributed by atoms with Crippen molar-refractivity contribution in [2.24, 2.45) is 11.8 Å². The van der Waals surface area contributed by atoms with Crippen LogP contribution in [-0.4, -0.2) is 54.9 Å². The van der Waals surface area contributed by atoms with Gasteiger partial charge in [-0.15, -0.1) is 24.8 Å². The molecule has 2 saturated heterocycles. The standard InChI is InChI=1S/C32H35F3N2O.2ClH/c33-28-7-1-23(2-8-28)31(24-3-9-29(34)10-4-24)25-13-17-36(18-14-25)21-22-37-19-15-27(16-20-37)32(38)26-5-11-30(35)12-6-26;;/h1-12,25,27,31H,13-22H2;2*1H. The third-order valence-electron chi connectivity index (χ3n) is 8.38. The van der Waals surface area contributed by atoms with Crippen molar-refractivity contribution in [3.63, 3.8) is 0 Å². The monoisotopic (exact) mass is 592 g/mol. The highest BCUT2D eigenvalue weighted by Gasteiger charge is 2.30. The maximum Gasteiger partial charge on any atom is 0.166 e. The van der Waals surface area contributed by atoms with Gasteiger partial charge in [0.2, 0.25) is 0 Å². The Bertz CT molecular complexity index is 1150. The second-order valence-corrected chi connectivity index (χ2v) is 10.7. The molecule has 3 aromatic rings. The number of piperidine rings is 2. The Balaban J connectivity index is 0.00000220. The lowest BCUT2D eigenvalue weighted by Crippen LogP contribution is -2.43. The van der Waals surface area contributed by atoms with E-state index in [0.29, 0.717) is 11.5 Å². The van der Waals surface area contributed by atoms with Crippen LogP contribution in [0.25, 0.3) is 0 Å². The second kappa shape index (κ2) is 15.0. The van der Waals surface area contributed by atoms with Crippen molar-refractivity contribution >= 4 is 30.6 Å². The van der Waals surface area contributed by atoms with Gasteiger partial charge >= 0.3 is 0 Å². The van der Waals surface area contributed by atoms with Gasteiger partial charge < -0.3 is 9.80 Å². The molecule has 0 amide bonds.